The highest BCUT2D eigenvalue weighted by molar-refractivity contribution is 6.31. The van der Waals surface area contributed by atoms with E-state index in [0.717, 1.165) is 18.7 Å². The first kappa shape index (κ1) is 14.2. The predicted octanol–water partition coefficient (Wildman–Crippen LogP) is 2.43. The third-order valence-electron chi connectivity index (χ3n) is 3.61. The van der Waals surface area contributed by atoms with E-state index in [1.165, 1.54) is 25.0 Å². The number of likely N-dealkylation sites (tertiary alicyclic amines) is 1. The van der Waals surface area contributed by atoms with Crippen molar-refractivity contribution in [3.8, 4) is 0 Å². The molecule has 5 nitrogen and oxygen atoms in total. The molecule has 0 radical (unpaired) electrons. The van der Waals surface area contributed by atoms with Gasteiger partial charge in [-0.1, -0.05) is 11.6 Å². The Hall–Kier alpha value is -1.17. The fraction of sp³-hybridized carbons (Fsp3) is 0.538. The number of nitro benzene ring substituents is 1. The molecule has 19 heavy (non-hydrogen) atoms. The summed E-state index contributed by atoms with van der Waals surface area (Å²) in [7, 11) is 2.14. The Morgan fingerprint density at radius 2 is 2.37 bits per heavy atom. The lowest BCUT2D eigenvalue weighted by Crippen LogP contribution is -2.35. The molecule has 1 atom stereocenters. The SMILES string of the molecule is CN1CCCC1CNCc1ccc([N+](=O)[O-])cc1Cl. The van der Waals surface area contributed by atoms with Crippen LogP contribution in [-0.2, 0) is 6.54 Å². The molecule has 1 heterocycles. The molecule has 1 unspecified atom stereocenters. The largest absolute Gasteiger partial charge is 0.311 e. The molecule has 1 aliphatic rings. The Morgan fingerprint density at radius 1 is 1.58 bits per heavy atom. The molecule has 1 aromatic rings. The maximum Gasteiger partial charge on any atom is 0.270 e. The van der Waals surface area contributed by atoms with Gasteiger partial charge in [-0.15, -0.1) is 0 Å². The fourth-order valence-corrected chi connectivity index (χ4v) is 2.65. The van der Waals surface area contributed by atoms with E-state index in [4.69, 9.17) is 11.6 Å². The van der Waals surface area contributed by atoms with E-state index in [-0.39, 0.29) is 5.69 Å². The lowest BCUT2D eigenvalue weighted by Gasteiger charge is -2.19. The average Bonchev–Trinajstić information content (AvgIpc) is 2.77. The van der Waals surface area contributed by atoms with Crippen molar-refractivity contribution in [2.45, 2.75) is 25.4 Å². The maximum atomic E-state index is 10.6. The Labute approximate surface area is 117 Å². The number of non-ortho nitro benzene ring substituents is 1. The molecule has 1 aliphatic heterocycles. The van der Waals surface area contributed by atoms with Gasteiger partial charge in [-0.25, -0.2) is 0 Å². The van der Waals surface area contributed by atoms with Crippen LogP contribution in [0.5, 0.6) is 0 Å². The number of benzene rings is 1. The quantitative estimate of drug-likeness (QED) is 0.666. The topological polar surface area (TPSA) is 58.4 Å². The van der Waals surface area contributed by atoms with Gasteiger partial charge in [-0.05, 0) is 38.1 Å². The fourth-order valence-electron chi connectivity index (χ4n) is 2.40. The summed E-state index contributed by atoms with van der Waals surface area (Å²) in [5, 5.41) is 14.4. The number of nitrogens with one attached hydrogen (secondary N) is 1. The highest BCUT2D eigenvalue weighted by Crippen LogP contribution is 2.22. The van der Waals surface area contributed by atoms with E-state index in [1.807, 2.05) is 0 Å². The Morgan fingerprint density at radius 3 is 2.95 bits per heavy atom. The Kier molecular flexibility index (Phi) is 4.74. The number of likely N-dealkylation sites (N-methyl/N-ethyl adjacent to an activating group) is 1. The summed E-state index contributed by atoms with van der Waals surface area (Å²) in [4.78, 5) is 12.5. The Bertz CT molecular complexity index is 467. The van der Waals surface area contributed by atoms with E-state index in [1.54, 1.807) is 6.07 Å². The van der Waals surface area contributed by atoms with Crippen LogP contribution in [0.4, 0.5) is 5.69 Å². The van der Waals surface area contributed by atoms with Crippen LogP contribution < -0.4 is 5.32 Å². The van der Waals surface area contributed by atoms with Crippen molar-refractivity contribution in [1.82, 2.24) is 10.2 Å². The summed E-state index contributed by atoms with van der Waals surface area (Å²) in [6.45, 7) is 2.72. The highest BCUT2D eigenvalue weighted by atomic mass is 35.5. The monoisotopic (exact) mass is 283 g/mol. The molecule has 1 saturated heterocycles. The summed E-state index contributed by atoms with van der Waals surface area (Å²) in [6, 6.07) is 5.19. The number of hydrogen-bond acceptors (Lipinski definition) is 4. The van der Waals surface area contributed by atoms with Gasteiger partial charge in [0.05, 0.1) is 9.95 Å². The van der Waals surface area contributed by atoms with Crippen LogP contribution >= 0.6 is 11.6 Å². The summed E-state index contributed by atoms with van der Waals surface area (Å²) in [6.07, 6.45) is 2.47. The summed E-state index contributed by atoms with van der Waals surface area (Å²) in [5.41, 5.74) is 0.928. The smallest absolute Gasteiger partial charge is 0.270 e. The minimum Gasteiger partial charge on any atom is -0.311 e. The minimum atomic E-state index is -0.434. The van der Waals surface area contributed by atoms with Crippen LogP contribution in [0.25, 0.3) is 0 Å². The number of hydrogen-bond donors (Lipinski definition) is 1. The average molecular weight is 284 g/mol. The molecule has 0 amide bonds. The second-order valence-electron chi connectivity index (χ2n) is 4.94. The molecular weight excluding hydrogens is 266 g/mol. The molecule has 104 valence electrons. The zero-order chi connectivity index (χ0) is 13.8. The highest BCUT2D eigenvalue weighted by Gasteiger charge is 2.20. The van der Waals surface area contributed by atoms with Gasteiger partial charge >= 0.3 is 0 Å². The standard InChI is InChI=1S/C13H18ClN3O2/c1-16-6-2-3-12(16)9-15-8-10-4-5-11(17(18)19)7-13(10)14/h4-5,7,12,15H,2-3,6,8-9H2,1H3. The van der Waals surface area contributed by atoms with Crippen molar-refractivity contribution in [3.63, 3.8) is 0 Å². The molecule has 0 bridgehead atoms. The third kappa shape index (κ3) is 3.65. The first-order valence-electron chi connectivity index (χ1n) is 6.41. The van der Waals surface area contributed by atoms with Gasteiger partial charge in [0.1, 0.15) is 0 Å². The van der Waals surface area contributed by atoms with Gasteiger partial charge in [-0.2, -0.15) is 0 Å². The van der Waals surface area contributed by atoms with Crippen molar-refractivity contribution in [3.05, 3.63) is 38.9 Å². The predicted molar refractivity (Wildman–Crippen MR) is 75.5 cm³/mol. The second kappa shape index (κ2) is 6.32. The van der Waals surface area contributed by atoms with Crippen molar-refractivity contribution < 1.29 is 4.92 Å². The second-order valence-corrected chi connectivity index (χ2v) is 5.35. The molecule has 2 rings (SSSR count). The lowest BCUT2D eigenvalue weighted by atomic mass is 10.2. The van der Waals surface area contributed by atoms with Crippen LogP contribution in [0.3, 0.4) is 0 Å². The van der Waals surface area contributed by atoms with Crippen LogP contribution in [-0.4, -0.2) is 36.0 Å². The Balaban J connectivity index is 1.87. The van der Waals surface area contributed by atoms with E-state index in [0.29, 0.717) is 17.6 Å². The van der Waals surface area contributed by atoms with E-state index in [9.17, 15) is 10.1 Å². The maximum absolute atomic E-state index is 10.6. The molecule has 0 aliphatic carbocycles. The van der Waals surface area contributed by atoms with Gasteiger partial charge in [0, 0.05) is 31.3 Å². The van der Waals surface area contributed by atoms with Gasteiger partial charge in [0.25, 0.3) is 5.69 Å². The van der Waals surface area contributed by atoms with Crippen molar-refractivity contribution in [1.29, 1.82) is 0 Å². The van der Waals surface area contributed by atoms with Gasteiger partial charge < -0.3 is 10.2 Å². The molecular formula is C13H18ClN3O2. The van der Waals surface area contributed by atoms with E-state index >= 15 is 0 Å². The van der Waals surface area contributed by atoms with Crippen LogP contribution in [0.1, 0.15) is 18.4 Å². The van der Waals surface area contributed by atoms with Crippen molar-refractivity contribution >= 4 is 17.3 Å². The number of rotatable bonds is 5. The molecule has 1 aromatic carbocycles. The van der Waals surface area contributed by atoms with E-state index < -0.39 is 4.92 Å². The van der Waals surface area contributed by atoms with Crippen LogP contribution in [0.2, 0.25) is 5.02 Å². The number of halogens is 1. The van der Waals surface area contributed by atoms with Gasteiger partial charge in [0.2, 0.25) is 0 Å². The van der Waals surface area contributed by atoms with Crippen LogP contribution in [0, 0.1) is 10.1 Å². The molecule has 0 saturated carbocycles. The van der Waals surface area contributed by atoms with Crippen molar-refractivity contribution in [2.75, 3.05) is 20.1 Å². The van der Waals surface area contributed by atoms with Crippen molar-refractivity contribution in [2.24, 2.45) is 0 Å². The number of nitrogens with zero attached hydrogens (tertiary/aromatic N) is 2. The molecule has 1 N–H and O–H groups in total. The van der Waals surface area contributed by atoms with Gasteiger partial charge in [0.15, 0.2) is 0 Å². The molecule has 0 aromatic heterocycles. The summed E-state index contributed by atoms with van der Waals surface area (Å²) < 4.78 is 0. The molecule has 1 fully saturated rings. The molecule has 6 heteroatoms. The normalized spacial score (nSPS) is 19.8. The first-order valence-corrected chi connectivity index (χ1v) is 6.79. The first-order chi connectivity index (χ1) is 9.08. The van der Waals surface area contributed by atoms with E-state index in [2.05, 4.69) is 17.3 Å². The lowest BCUT2D eigenvalue weighted by molar-refractivity contribution is -0.384. The summed E-state index contributed by atoms with van der Waals surface area (Å²) in [5.74, 6) is 0. The third-order valence-corrected chi connectivity index (χ3v) is 3.97. The van der Waals surface area contributed by atoms with Crippen LogP contribution in [0.15, 0.2) is 18.2 Å². The zero-order valence-electron chi connectivity index (χ0n) is 10.9. The zero-order valence-corrected chi connectivity index (χ0v) is 11.7. The summed E-state index contributed by atoms with van der Waals surface area (Å²) >= 11 is 6.04. The number of nitro groups is 1. The van der Waals surface area contributed by atoms with Gasteiger partial charge in [-0.3, -0.25) is 10.1 Å². The molecule has 0 spiro atoms. The minimum absolute atomic E-state index is 0.0317.